The lowest BCUT2D eigenvalue weighted by molar-refractivity contribution is 0.326. The van der Waals surface area contributed by atoms with Gasteiger partial charge in [0.1, 0.15) is 12.4 Å². The molecule has 2 aromatic rings. The van der Waals surface area contributed by atoms with Crippen LogP contribution in [0.1, 0.15) is 5.56 Å². The first-order valence-electron chi connectivity index (χ1n) is 5.80. The van der Waals surface area contributed by atoms with Gasteiger partial charge in [0.15, 0.2) is 0 Å². The zero-order valence-corrected chi connectivity index (χ0v) is 12.0. The van der Waals surface area contributed by atoms with Crippen LogP contribution in [0, 0.1) is 0 Å². The lowest BCUT2D eigenvalue weighted by Gasteiger charge is -2.09. The van der Waals surface area contributed by atoms with Crippen LogP contribution >= 0.6 is 24.8 Å². The molecule has 1 N–H and O–H groups in total. The zero-order valence-electron chi connectivity index (χ0n) is 10.3. The van der Waals surface area contributed by atoms with Gasteiger partial charge in [-0.1, -0.05) is 6.07 Å². The van der Waals surface area contributed by atoms with Crippen molar-refractivity contribution in [2.24, 2.45) is 0 Å². The number of hydrogen-bond donors (Lipinski definition) is 1. The molecule has 1 aliphatic rings. The summed E-state index contributed by atoms with van der Waals surface area (Å²) in [6.45, 7) is 2.51. The van der Waals surface area contributed by atoms with Gasteiger partial charge in [0.2, 0.25) is 0 Å². The number of benzene rings is 1. The van der Waals surface area contributed by atoms with Crippen LogP contribution < -0.4 is 10.1 Å². The Labute approximate surface area is 125 Å². The van der Waals surface area contributed by atoms with E-state index in [9.17, 15) is 0 Å². The van der Waals surface area contributed by atoms with Crippen molar-refractivity contribution in [3.63, 3.8) is 0 Å². The molecule has 19 heavy (non-hydrogen) atoms. The van der Waals surface area contributed by atoms with Gasteiger partial charge < -0.3 is 10.1 Å². The minimum atomic E-state index is 0. The highest BCUT2D eigenvalue weighted by Crippen LogP contribution is 2.27. The topological polar surface area (TPSA) is 34.1 Å². The van der Waals surface area contributed by atoms with Gasteiger partial charge in [-0.25, -0.2) is 0 Å². The van der Waals surface area contributed by atoms with Crippen molar-refractivity contribution in [2.45, 2.75) is 6.54 Å². The third kappa shape index (κ3) is 3.60. The molecule has 0 amide bonds. The molecule has 0 atom stereocenters. The molecule has 0 fully saturated rings. The van der Waals surface area contributed by atoms with Crippen molar-refractivity contribution in [3.05, 3.63) is 48.3 Å². The number of fused-ring (bicyclic) bond motifs is 1. The first-order valence-corrected chi connectivity index (χ1v) is 5.80. The smallest absolute Gasteiger partial charge is 0.123 e. The summed E-state index contributed by atoms with van der Waals surface area (Å²) in [5, 5.41) is 3.34. The standard InChI is InChI=1S/C14H14N2O.2ClH/c1-2-14-13(10-16-7-8-17-14)9-12(1)11-3-5-15-6-4-11;;/h1-6,9,16H,7-8,10H2;2*1H. The summed E-state index contributed by atoms with van der Waals surface area (Å²) in [4.78, 5) is 4.04. The van der Waals surface area contributed by atoms with E-state index < -0.39 is 0 Å². The Balaban J connectivity index is 0.000000902. The molecular formula is C14H16Cl2N2O. The van der Waals surface area contributed by atoms with Gasteiger partial charge in [-0.15, -0.1) is 24.8 Å². The molecule has 1 aliphatic heterocycles. The number of hydrogen-bond acceptors (Lipinski definition) is 3. The average molecular weight is 299 g/mol. The van der Waals surface area contributed by atoms with Crippen molar-refractivity contribution < 1.29 is 4.74 Å². The fraction of sp³-hybridized carbons (Fsp3) is 0.214. The van der Waals surface area contributed by atoms with E-state index in [0.29, 0.717) is 0 Å². The van der Waals surface area contributed by atoms with Crippen molar-refractivity contribution in [2.75, 3.05) is 13.2 Å². The van der Waals surface area contributed by atoms with Crippen molar-refractivity contribution in [1.29, 1.82) is 0 Å². The number of ether oxygens (including phenoxy) is 1. The molecule has 0 saturated carbocycles. The summed E-state index contributed by atoms with van der Waals surface area (Å²) in [7, 11) is 0. The summed E-state index contributed by atoms with van der Waals surface area (Å²) in [5.41, 5.74) is 3.61. The highest BCUT2D eigenvalue weighted by atomic mass is 35.5. The fourth-order valence-electron chi connectivity index (χ4n) is 2.04. The molecule has 0 saturated heterocycles. The van der Waals surface area contributed by atoms with Crippen LogP contribution in [0.2, 0.25) is 0 Å². The lowest BCUT2D eigenvalue weighted by Crippen LogP contribution is -2.16. The quantitative estimate of drug-likeness (QED) is 0.878. The maximum atomic E-state index is 5.66. The lowest BCUT2D eigenvalue weighted by atomic mass is 10.0. The van der Waals surface area contributed by atoms with Gasteiger partial charge in [0.05, 0.1) is 0 Å². The number of halogens is 2. The van der Waals surface area contributed by atoms with Crippen molar-refractivity contribution in [1.82, 2.24) is 10.3 Å². The third-order valence-electron chi connectivity index (χ3n) is 2.93. The Bertz CT molecular complexity index is 520. The molecule has 102 valence electrons. The van der Waals surface area contributed by atoms with E-state index in [1.54, 1.807) is 0 Å². The van der Waals surface area contributed by atoms with Crippen LogP contribution in [0.15, 0.2) is 42.7 Å². The van der Waals surface area contributed by atoms with Crippen LogP contribution in [0.3, 0.4) is 0 Å². The second kappa shape index (κ2) is 7.34. The zero-order chi connectivity index (χ0) is 11.5. The first kappa shape index (κ1) is 15.8. The highest BCUT2D eigenvalue weighted by molar-refractivity contribution is 5.85. The van der Waals surface area contributed by atoms with Crippen LogP contribution in [-0.4, -0.2) is 18.1 Å². The first-order chi connectivity index (χ1) is 8.43. The molecule has 0 radical (unpaired) electrons. The average Bonchev–Trinajstić information content (AvgIpc) is 2.64. The third-order valence-corrected chi connectivity index (χ3v) is 2.93. The summed E-state index contributed by atoms with van der Waals surface area (Å²) in [5.74, 6) is 0.993. The molecule has 0 bridgehead atoms. The van der Waals surface area contributed by atoms with Gasteiger partial charge in [-0.05, 0) is 35.4 Å². The molecule has 0 aliphatic carbocycles. The Hall–Kier alpha value is -1.29. The molecule has 3 nitrogen and oxygen atoms in total. The number of nitrogens with one attached hydrogen (secondary N) is 1. The van der Waals surface area contributed by atoms with Gasteiger partial charge in [-0.3, -0.25) is 4.98 Å². The van der Waals surface area contributed by atoms with Gasteiger partial charge >= 0.3 is 0 Å². The van der Waals surface area contributed by atoms with Crippen LogP contribution in [0.25, 0.3) is 11.1 Å². The Morgan fingerprint density at radius 3 is 2.58 bits per heavy atom. The highest BCUT2D eigenvalue weighted by Gasteiger charge is 2.09. The summed E-state index contributed by atoms with van der Waals surface area (Å²) < 4.78 is 5.66. The molecule has 5 heteroatoms. The van der Waals surface area contributed by atoms with E-state index in [0.717, 1.165) is 25.4 Å². The van der Waals surface area contributed by atoms with Crippen LogP contribution in [0.4, 0.5) is 0 Å². The summed E-state index contributed by atoms with van der Waals surface area (Å²) in [6, 6.07) is 10.4. The number of nitrogens with zero attached hydrogens (tertiary/aromatic N) is 1. The van der Waals surface area contributed by atoms with Crippen molar-refractivity contribution in [3.8, 4) is 16.9 Å². The second-order valence-electron chi connectivity index (χ2n) is 4.08. The molecule has 1 aromatic carbocycles. The summed E-state index contributed by atoms with van der Waals surface area (Å²) >= 11 is 0. The van der Waals surface area contributed by atoms with E-state index in [1.165, 1.54) is 16.7 Å². The maximum absolute atomic E-state index is 5.66. The molecule has 0 unspecified atom stereocenters. The fourth-order valence-corrected chi connectivity index (χ4v) is 2.04. The van der Waals surface area contributed by atoms with E-state index >= 15 is 0 Å². The number of aromatic nitrogens is 1. The minimum Gasteiger partial charge on any atom is -0.492 e. The predicted octanol–water partition coefficient (Wildman–Crippen LogP) is 3.07. The monoisotopic (exact) mass is 298 g/mol. The van der Waals surface area contributed by atoms with E-state index in [2.05, 4.69) is 28.5 Å². The van der Waals surface area contributed by atoms with Gasteiger partial charge in [-0.2, -0.15) is 0 Å². The van der Waals surface area contributed by atoms with Gasteiger partial charge in [0, 0.05) is 31.0 Å². The largest absolute Gasteiger partial charge is 0.492 e. The van der Waals surface area contributed by atoms with E-state index in [-0.39, 0.29) is 24.8 Å². The number of rotatable bonds is 1. The molecule has 1 aromatic heterocycles. The van der Waals surface area contributed by atoms with Gasteiger partial charge in [0.25, 0.3) is 0 Å². The molecule has 2 heterocycles. The molecule has 3 rings (SSSR count). The Morgan fingerprint density at radius 2 is 1.79 bits per heavy atom. The normalized spacial score (nSPS) is 13.1. The predicted molar refractivity (Wildman–Crippen MR) is 81.4 cm³/mol. The Morgan fingerprint density at radius 1 is 1.00 bits per heavy atom. The second-order valence-corrected chi connectivity index (χ2v) is 4.08. The number of pyridine rings is 1. The molecule has 0 spiro atoms. The summed E-state index contributed by atoms with van der Waals surface area (Å²) in [6.07, 6.45) is 3.63. The van der Waals surface area contributed by atoms with Crippen molar-refractivity contribution >= 4 is 24.8 Å². The van der Waals surface area contributed by atoms with Crippen LogP contribution in [-0.2, 0) is 6.54 Å². The maximum Gasteiger partial charge on any atom is 0.123 e. The Kier molecular flexibility index (Phi) is 6.09. The van der Waals surface area contributed by atoms with E-state index in [4.69, 9.17) is 4.74 Å². The van der Waals surface area contributed by atoms with E-state index in [1.807, 2.05) is 24.5 Å². The molecular weight excluding hydrogens is 283 g/mol. The minimum absolute atomic E-state index is 0. The van der Waals surface area contributed by atoms with Crippen LogP contribution in [0.5, 0.6) is 5.75 Å². The SMILES string of the molecule is Cl.Cl.c1cc(-c2ccc3c(c2)CNCCO3)ccn1.